The fourth-order valence-electron chi connectivity index (χ4n) is 2.66. The lowest BCUT2D eigenvalue weighted by atomic mass is 10.0. The van der Waals surface area contributed by atoms with Crippen molar-refractivity contribution in [2.24, 2.45) is 0 Å². The predicted octanol–water partition coefficient (Wildman–Crippen LogP) is 3.43. The van der Waals surface area contributed by atoms with Crippen LogP contribution in [0.15, 0.2) is 18.2 Å². The van der Waals surface area contributed by atoms with Gasteiger partial charge in [-0.25, -0.2) is 8.78 Å². The Balaban J connectivity index is 2.17. The Morgan fingerprint density at radius 2 is 2.29 bits per heavy atom. The second-order valence-electron chi connectivity index (χ2n) is 5.21. The van der Waals surface area contributed by atoms with Gasteiger partial charge in [0, 0.05) is 36.0 Å². The Hall–Kier alpha value is -1.76. The zero-order valence-corrected chi connectivity index (χ0v) is 11.9. The number of non-ortho nitro benzene ring substituents is 1. The predicted molar refractivity (Wildman–Crippen MR) is 76.8 cm³/mol. The molecule has 1 heterocycles. The number of piperidine rings is 1. The molecule has 1 aromatic carbocycles. The summed E-state index contributed by atoms with van der Waals surface area (Å²) in [5.41, 5.74) is -0.328. The molecule has 0 aromatic heterocycles. The second kappa shape index (κ2) is 6.80. The molecule has 1 saturated heterocycles. The third-order valence-electron chi connectivity index (χ3n) is 3.79. The molecule has 0 aliphatic carbocycles. The van der Waals surface area contributed by atoms with Gasteiger partial charge >= 0.3 is 0 Å². The van der Waals surface area contributed by atoms with E-state index in [1.807, 2.05) is 0 Å². The molecular formula is C14H19F2N3O2. The van der Waals surface area contributed by atoms with Gasteiger partial charge < -0.3 is 10.2 Å². The molecule has 116 valence electrons. The van der Waals surface area contributed by atoms with Crippen LogP contribution < -0.4 is 5.32 Å². The quantitative estimate of drug-likeness (QED) is 0.668. The van der Waals surface area contributed by atoms with Crippen LogP contribution >= 0.6 is 0 Å². The van der Waals surface area contributed by atoms with Gasteiger partial charge in [-0.1, -0.05) is 6.92 Å². The highest BCUT2D eigenvalue weighted by molar-refractivity contribution is 5.57. The minimum atomic E-state index is -2.74. The molecule has 0 saturated carbocycles. The number of halogens is 2. The number of likely N-dealkylation sites (tertiary alicyclic amines) is 1. The SMILES string of the molecule is CCN1CCCC(Nc2ccc([N+](=O)[O-])cc2C(F)F)C1. The van der Waals surface area contributed by atoms with E-state index >= 15 is 0 Å². The molecule has 0 spiro atoms. The van der Waals surface area contributed by atoms with Gasteiger partial charge in [0.25, 0.3) is 12.1 Å². The highest BCUT2D eigenvalue weighted by Gasteiger charge is 2.22. The fourth-order valence-corrected chi connectivity index (χ4v) is 2.66. The normalized spacial score (nSPS) is 19.7. The van der Waals surface area contributed by atoms with Crippen molar-refractivity contribution in [1.82, 2.24) is 4.90 Å². The van der Waals surface area contributed by atoms with Gasteiger partial charge in [-0.2, -0.15) is 0 Å². The molecule has 2 rings (SSSR count). The van der Waals surface area contributed by atoms with Crippen LogP contribution in [0.4, 0.5) is 20.2 Å². The minimum absolute atomic E-state index is 0.0951. The molecule has 1 N–H and O–H groups in total. The number of nitro benzene ring substituents is 1. The standard InChI is InChI=1S/C14H19F2N3O2/c1-2-18-7-3-4-10(9-18)17-13-6-5-11(19(20)21)8-12(13)14(15)16/h5-6,8,10,14,17H,2-4,7,9H2,1H3. The summed E-state index contributed by atoms with van der Waals surface area (Å²) in [6.07, 6.45) is -0.808. The average molecular weight is 299 g/mol. The third kappa shape index (κ3) is 3.87. The number of likely N-dealkylation sites (N-methyl/N-ethyl adjacent to an activating group) is 1. The average Bonchev–Trinajstić information content (AvgIpc) is 2.47. The molecule has 1 unspecified atom stereocenters. The first-order valence-corrected chi connectivity index (χ1v) is 7.06. The molecule has 0 bridgehead atoms. The number of hydrogen-bond acceptors (Lipinski definition) is 4. The number of hydrogen-bond donors (Lipinski definition) is 1. The van der Waals surface area contributed by atoms with Crippen LogP contribution in [-0.2, 0) is 0 Å². The van der Waals surface area contributed by atoms with Crippen LogP contribution in [0.5, 0.6) is 0 Å². The lowest BCUT2D eigenvalue weighted by Crippen LogP contribution is -2.41. The van der Waals surface area contributed by atoms with E-state index in [1.54, 1.807) is 0 Å². The van der Waals surface area contributed by atoms with Crippen molar-refractivity contribution in [2.75, 3.05) is 25.0 Å². The summed E-state index contributed by atoms with van der Waals surface area (Å²) in [6, 6.07) is 3.68. The van der Waals surface area contributed by atoms with E-state index in [-0.39, 0.29) is 17.3 Å². The first kappa shape index (κ1) is 15.6. The topological polar surface area (TPSA) is 58.4 Å². The lowest BCUT2D eigenvalue weighted by molar-refractivity contribution is -0.385. The number of nitrogens with zero attached hydrogens (tertiary/aromatic N) is 2. The van der Waals surface area contributed by atoms with Gasteiger partial charge in [-0.05, 0) is 32.0 Å². The molecule has 1 aliphatic rings. The molecule has 5 nitrogen and oxygen atoms in total. The first-order chi connectivity index (χ1) is 10.0. The zero-order chi connectivity index (χ0) is 15.4. The van der Waals surface area contributed by atoms with Gasteiger partial charge in [-0.15, -0.1) is 0 Å². The Morgan fingerprint density at radius 3 is 2.90 bits per heavy atom. The zero-order valence-electron chi connectivity index (χ0n) is 11.9. The number of benzene rings is 1. The van der Waals surface area contributed by atoms with Crippen LogP contribution in [0.2, 0.25) is 0 Å². The fraction of sp³-hybridized carbons (Fsp3) is 0.571. The van der Waals surface area contributed by atoms with Gasteiger partial charge in [0.15, 0.2) is 0 Å². The number of rotatable bonds is 5. The number of alkyl halides is 2. The summed E-state index contributed by atoms with van der Waals surface area (Å²) in [6.45, 7) is 4.83. The summed E-state index contributed by atoms with van der Waals surface area (Å²) in [5, 5.41) is 13.8. The number of nitro groups is 1. The van der Waals surface area contributed by atoms with E-state index in [9.17, 15) is 18.9 Å². The molecular weight excluding hydrogens is 280 g/mol. The van der Waals surface area contributed by atoms with E-state index in [0.29, 0.717) is 5.69 Å². The minimum Gasteiger partial charge on any atom is -0.381 e. The monoisotopic (exact) mass is 299 g/mol. The van der Waals surface area contributed by atoms with Crippen molar-refractivity contribution in [3.8, 4) is 0 Å². The summed E-state index contributed by atoms with van der Waals surface area (Å²) < 4.78 is 26.2. The Bertz CT molecular complexity index is 511. The molecule has 1 aliphatic heterocycles. The Kier molecular flexibility index (Phi) is 5.06. The van der Waals surface area contributed by atoms with Gasteiger partial charge in [0.1, 0.15) is 0 Å². The largest absolute Gasteiger partial charge is 0.381 e. The summed E-state index contributed by atoms with van der Waals surface area (Å²) >= 11 is 0. The van der Waals surface area contributed by atoms with E-state index in [1.165, 1.54) is 12.1 Å². The van der Waals surface area contributed by atoms with Crippen molar-refractivity contribution in [2.45, 2.75) is 32.2 Å². The van der Waals surface area contributed by atoms with Crippen molar-refractivity contribution in [3.63, 3.8) is 0 Å². The molecule has 0 amide bonds. The number of anilines is 1. The van der Waals surface area contributed by atoms with Gasteiger partial charge in [0.2, 0.25) is 0 Å². The van der Waals surface area contributed by atoms with E-state index < -0.39 is 11.3 Å². The molecule has 0 radical (unpaired) electrons. The molecule has 7 heteroatoms. The number of nitrogens with one attached hydrogen (secondary N) is 1. The maximum absolute atomic E-state index is 13.1. The van der Waals surface area contributed by atoms with E-state index in [2.05, 4.69) is 17.1 Å². The van der Waals surface area contributed by atoms with Gasteiger partial charge in [0.05, 0.1) is 4.92 Å². The van der Waals surface area contributed by atoms with Crippen molar-refractivity contribution in [3.05, 3.63) is 33.9 Å². The molecule has 1 fully saturated rings. The Labute approximate surface area is 122 Å². The molecule has 1 atom stereocenters. The van der Waals surface area contributed by atoms with Crippen LogP contribution in [0.25, 0.3) is 0 Å². The second-order valence-corrected chi connectivity index (χ2v) is 5.21. The van der Waals surface area contributed by atoms with Crippen LogP contribution in [0, 0.1) is 10.1 Å². The maximum Gasteiger partial charge on any atom is 0.270 e. The lowest BCUT2D eigenvalue weighted by Gasteiger charge is -2.33. The highest BCUT2D eigenvalue weighted by Crippen LogP contribution is 2.31. The van der Waals surface area contributed by atoms with E-state index in [0.717, 1.165) is 38.5 Å². The summed E-state index contributed by atoms with van der Waals surface area (Å²) in [7, 11) is 0. The Morgan fingerprint density at radius 1 is 1.52 bits per heavy atom. The van der Waals surface area contributed by atoms with Crippen molar-refractivity contribution in [1.29, 1.82) is 0 Å². The van der Waals surface area contributed by atoms with E-state index in [4.69, 9.17) is 0 Å². The van der Waals surface area contributed by atoms with Crippen molar-refractivity contribution >= 4 is 11.4 Å². The summed E-state index contributed by atoms with van der Waals surface area (Å²) in [5.74, 6) is 0. The smallest absolute Gasteiger partial charge is 0.270 e. The van der Waals surface area contributed by atoms with Crippen LogP contribution in [0.1, 0.15) is 31.8 Å². The summed E-state index contributed by atoms with van der Waals surface area (Å²) in [4.78, 5) is 12.3. The third-order valence-corrected chi connectivity index (χ3v) is 3.79. The molecule has 21 heavy (non-hydrogen) atoms. The van der Waals surface area contributed by atoms with Gasteiger partial charge in [-0.3, -0.25) is 10.1 Å². The first-order valence-electron chi connectivity index (χ1n) is 7.06. The highest BCUT2D eigenvalue weighted by atomic mass is 19.3. The molecule has 1 aromatic rings. The van der Waals surface area contributed by atoms with Crippen molar-refractivity contribution < 1.29 is 13.7 Å². The van der Waals surface area contributed by atoms with Crippen LogP contribution in [-0.4, -0.2) is 35.5 Å². The maximum atomic E-state index is 13.1. The van der Waals surface area contributed by atoms with Crippen LogP contribution in [0.3, 0.4) is 0 Å².